The molecule has 152 valence electrons. The number of fused-ring (bicyclic) bond motifs is 2. The maximum atomic E-state index is 14.0. The highest BCUT2D eigenvalue weighted by Gasteiger charge is 2.19. The number of rotatable bonds is 5. The van der Waals surface area contributed by atoms with Crippen LogP contribution in [0.1, 0.15) is 25.0 Å². The van der Waals surface area contributed by atoms with Gasteiger partial charge in [0.15, 0.2) is 11.9 Å². The van der Waals surface area contributed by atoms with E-state index in [-0.39, 0.29) is 24.1 Å². The summed E-state index contributed by atoms with van der Waals surface area (Å²) in [4.78, 5) is 17.8. The highest BCUT2D eigenvalue weighted by molar-refractivity contribution is 9.10. The lowest BCUT2D eigenvalue weighted by molar-refractivity contribution is -0.0171. The molecule has 0 N–H and O–H groups in total. The molecule has 2 heterocycles. The summed E-state index contributed by atoms with van der Waals surface area (Å²) in [6, 6.07) is 8.40. The summed E-state index contributed by atoms with van der Waals surface area (Å²) in [6.07, 6.45) is 0. The fraction of sp³-hybridized carbons (Fsp3) is 0.333. The predicted octanol–water partition coefficient (Wildman–Crippen LogP) is 5.11. The first-order valence-electron chi connectivity index (χ1n) is 9.27. The van der Waals surface area contributed by atoms with Crippen molar-refractivity contribution in [3.63, 3.8) is 0 Å². The first kappa shape index (κ1) is 20.4. The number of hydrogen-bond donors (Lipinski definition) is 0. The quantitative estimate of drug-likeness (QED) is 0.376. The Balaban J connectivity index is 1.73. The minimum atomic E-state index is -0.329. The molecule has 8 heteroatoms. The zero-order valence-corrected chi connectivity index (χ0v) is 18.5. The molecule has 0 spiro atoms. The smallest absolute Gasteiger partial charge is 0.262 e. The Morgan fingerprint density at radius 2 is 2.14 bits per heavy atom. The van der Waals surface area contributed by atoms with Crippen molar-refractivity contribution in [2.24, 2.45) is 5.92 Å². The molecule has 1 aliphatic rings. The van der Waals surface area contributed by atoms with Gasteiger partial charge in [0.1, 0.15) is 11.6 Å². The average Bonchev–Trinajstić information content (AvgIpc) is 2.68. The van der Waals surface area contributed by atoms with Crippen LogP contribution in [0.25, 0.3) is 10.9 Å². The molecule has 0 saturated carbocycles. The van der Waals surface area contributed by atoms with E-state index in [1.807, 2.05) is 12.1 Å². The third-order valence-electron chi connectivity index (χ3n) is 4.54. The molecule has 5 nitrogen and oxygen atoms in total. The van der Waals surface area contributed by atoms with E-state index in [4.69, 9.17) is 14.5 Å². The minimum absolute atomic E-state index is 0.0709. The van der Waals surface area contributed by atoms with E-state index >= 15 is 0 Å². The monoisotopic (exact) mass is 478 g/mol. The standard InChI is InChI=1S/C21H20BrFN2O3S/c1-12(2)8-25-20(26)17-7-15(22)3-4-18(17)24-21(25)29-10-14-6-16(23)5-13-9-27-11-28-19(13)14/h3-7,12H,8-11H2,1-2H3. The van der Waals surface area contributed by atoms with Crippen LogP contribution in [-0.4, -0.2) is 16.3 Å². The first-order valence-corrected chi connectivity index (χ1v) is 11.0. The topological polar surface area (TPSA) is 53.4 Å². The molecular weight excluding hydrogens is 459 g/mol. The second kappa shape index (κ2) is 8.45. The van der Waals surface area contributed by atoms with Crippen molar-refractivity contribution >= 4 is 38.6 Å². The van der Waals surface area contributed by atoms with E-state index in [2.05, 4.69) is 29.8 Å². The van der Waals surface area contributed by atoms with Gasteiger partial charge in [-0.05, 0) is 36.2 Å². The minimum Gasteiger partial charge on any atom is -0.467 e. The molecule has 0 radical (unpaired) electrons. The summed E-state index contributed by atoms with van der Waals surface area (Å²) in [7, 11) is 0. The van der Waals surface area contributed by atoms with Crippen LogP contribution in [0.15, 0.2) is 44.8 Å². The summed E-state index contributed by atoms with van der Waals surface area (Å²) in [5.74, 6) is 1.05. The second-order valence-corrected chi connectivity index (χ2v) is 9.18. The molecule has 0 unspecified atom stereocenters. The Kier molecular flexibility index (Phi) is 5.94. The van der Waals surface area contributed by atoms with E-state index in [0.29, 0.717) is 46.3 Å². The van der Waals surface area contributed by atoms with Crippen molar-refractivity contribution in [2.45, 2.75) is 37.9 Å². The van der Waals surface area contributed by atoms with Gasteiger partial charge < -0.3 is 9.47 Å². The number of halogens is 2. The van der Waals surface area contributed by atoms with Gasteiger partial charge in [-0.15, -0.1) is 0 Å². The lowest BCUT2D eigenvalue weighted by Gasteiger charge is -2.21. The summed E-state index contributed by atoms with van der Waals surface area (Å²) < 4.78 is 27.4. The van der Waals surface area contributed by atoms with E-state index in [1.165, 1.54) is 23.9 Å². The third-order valence-corrected chi connectivity index (χ3v) is 6.06. The molecule has 0 atom stereocenters. The fourth-order valence-corrected chi connectivity index (χ4v) is 4.65. The van der Waals surface area contributed by atoms with Gasteiger partial charge >= 0.3 is 0 Å². The Labute approximate surface area is 180 Å². The van der Waals surface area contributed by atoms with Crippen LogP contribution in [0.5, 0.6) is 5.75 Å². The summed E-state index contributed by atoms with van der Waals surface area (Å²) in [5.41, 5.74) is 2.00. The molecule has 0 saturated heterocycles. The highest BCUT2D eigenvalue weighted by atomic mass is 79.9. The fourth-order valence-electron chi connectivity index (χ4n) is 3.32. The number of aromatic nitrogens is 2. The molecule has 2 aromatic carbocycles. The van der Waals surface area contributed by atoms with Crippen LogP contribution in [-0.2, 0) is 23.6 Å². The van der Waals surface area contributed by atoms with Crippen molar-refractivity contribution in [2.75, 3.05) is 6.79 Å². The molecule has 1 aromatic heterocycles. The zero-order valence-electron chi connectivity index (χ0n) is 16.1. The molecule has 0 fully saturated rings. The van der Waals surface area contributed by atoms with E-state index < -0.39 is 0 Å². The van der Waals surface area contributed by atoms with Gasteiger partial charge in [-0.25, -0.2) is 9.37 Å². The van der Waals surface area contributed by atoms with Gasteiger partial charge in [0, 0.05) is 27.9 Å². The molecule has 0 aliphatic carbocycles. The van der Waals surface area contributed by atoms with Crippen molar-refractivity contribution in [1.82, 2.24) is 9.55 Å². The van der Waals surface area contributed by atoms with Crippen LogP contribution >= 0.6 is 27.7 Å². The lowest BCUT2D eigenvalue weighted by Crippen LogP contribution is -2.25. The average molecular weight is 479 g/mol. The van der Waals surface area contributed by atoms with Gasteiger partial charge in [0.2, 0.25) is 0 Å². The lowest BCUT2D eigenvalue weighted by atomic mass is 10.1. The molecule has 0 bridgehead atoms. The Bertz CT molecular complexity index is 1130. The molecule has 0 amide bonds. The molecule has 4 rings (SSSR count). The van der Waals surface area contributed by atoms with Crippen LogP contribution in [0.4, 0.5) is 4.39 Å². The highest BCUT2D eigenvalue weighted by Crippen LogP contribution is 2.34. The van der Waals surface area contributed by atoms with E-state index in [9.17, 15) is 9.18 Å². The van der Waals surface area contributed by atoms with Gasteiger partial charge in [0.05, 0.1) is 17.5 Å². The first-order chi connectivity index (χ1) is 13.9. The maximum absolute atomic E-state index is 14.0. The molecule has 3 aromatic rings. The Morgan fingerprint density at radius 3 is 2.93 bits per heavy atom. The summed E-state index contributed by atoms with van der Waals surface area (Å²) in [6.45, 7) is 5.15. The molecule has 1 aliphatic heterocycles. The van der Waals surface area contributed by atoms with Crippen molar-refractivity contribution in [3.8, 4) is 5.75 Å². The largest absolute Gasteiger partial charge is 0.467 e. The van der Waals surface area contributed by atoms with Crippen LogP contribution in [0.2, 0.25) is 0 Å². The third kappa shape index (κ3) is 4.34. The van der Waals surface area contributed by atoms with Gasteiger partial charge in [-0.2, -0.15) is 0 Å². The van der Waals surface area contributed by atoms with Crippen LogP contribution in [0, 0.1) is 11.7 Å². The Morgan fingerprint density at radius 1 is 1.31 bits per heavy atom. The maximum Gasteiger partial charge on any atom is 0.262 e. The van der Waals surface area contributed by atoms with Crippen molar-refractivity contribution in [1.29, 1.82) is 0 Å². The normalized spacial score (nSPS) is 13.6. The second-order valence-electron chi connectivity index (χ2n) is 7.32. The number of thioether (sulfide) groups is 1. The van der Waals surface area contributed by atoms with E-state index in [0.717, 1.165) is 10.0 Å². The molecular formula is C21H20BrFN2O3S. The van der Waals surface area contributed by atoms with Gasteiger partial charge in [0.25, 0.3) is 5.56 Å². The van der Waals surface area contributed by atoms with Crippen LogP contribution in [0.3, 0.4) is 0 Å². The van der Waals surface area contributed by atoms with Gasteiger partial charge in [-0.3, -0.25) is 9.36 Å². The number of ether oxygens (including phenoxy) is 2. The Hall–Kier alpha value is -1.90. The van der Waals surface area contributed by atoms with Crippen molar-refractivity contribution < 1.29 is 13.9 Å². The SMILES string of the molecule is CC(C)Cn1c(SCc2cc(F)cc3c2OCOC3)nc2ccc(Br)cc2c1=O. The van der Waals surface area contributed by atoms with E-state index in [1.54, 1.807) is 10.6 Å². The molecule has 29 heavy (non-hydrogen) atoms. The number of benzene rings is 2. The number of nitrogens with zero attached hydrogens (tertiary/aromatic N) is 2. The number of hydrogen-bond acceptors (Lipinski definition) is 5. The zero-order chi connectivity index (χ0) is 20.5. The van der Waals surface area contributed by atoms with Gasteiger partial charge in [-0.1, -0.05) is 41.5 Å². The van der Waals surface area contributed by atoms with Crippen molar-refractivity contribution in [3.05, 3.63) is 62.1 Å². The summed E-state index contributed by atoms with van der Waals surface area (Å²) >= 11 is 4.83. The van der Waals surface area contributed by atoms with Crippen LogP contribution < -0.4 is 10.3 Å². The summed E-state index contributed by atoms with van der Waals surface area (Å²) in [5, 5.41) is 1.19. The predicted molar refractivity (Wildman–Crippen MR) is 115 cm³/mol.